The molecule has 0 heterocycles. The molecular formula is C21H36. The molecule has 2 radical (unpaired) electrons. The molecule has 120 valence electrons. The molecule has 3 saturated carbocycles. The number of hydrogen-bond acceptors (Lipinski definition) is 0. The smallest absolute Gasteiger partial charge is 0.0355 e. The van der Waals surface area contributed by atoms with E-state index in [0.717, 1.165) is 29.6 Å². The van der Waals surface area contributed by atoms with Crippen LogP contribution in [0.2, 0.25) is 0 Å². The van der Waals surface area contributed by atoms with Crippen LogP contribution in [0.15, 0.2) is 0 Å². The second kappa shape index (κ2) is 8.02. The molecule has 0 N–H and O–H groups in total. The third kappa shape index (κ3) is 4.49. The molecule has 0 saturated heterocycles. The van der Waals surface area contributed by atoms with Gasteiger partial charge in [0.1, 0.15) is 0 Å². The minimum Gasteiger partial charge on any atom is -0.0530 e. The van der Waals surface area contributed by atoms with E-state index in [9.17, 15) is 0 Å². The monoisotopic (exact) mass is 288 g/mol. The second-order valence-electron chi connectivity index (χ2n) is 8.36. The Morgan fingerprint density at radius 2 is 1.29 bits per heavy atom. The first-order valence-electron chi connectivity index (χ1n) is 9.99. The highest BCUT2D eigenvalue weighted by Gasteiger charge is 2.32. The maximum atomic E-state index is 4.48. The molecule has 0 aliphatic heterocycles. The molecule has 3 aliphatic carbocycles. The predicted octanol–water partition coefficient (Wildman–Crippen LogP) is 6.61. The predicted molar refractivity (Wildman–Crippen MR) is 91.7 cm³/mol. The van der Waals surface area contributed by atoms with Crippen LogP contribution in [0.5, 0.6) is 0 Å². The summed E-state index contributed by atoms with van der Waals surface area (Å²) in [5.74, 6) is 4.78. The van der Waals surface area contributed by atoms with Gasteiger partial charge in [-0.25, -0.2) is 0 Å². The van der Waals surface area contributed by atoms with Gasteiger partial charge in [-0.2, -0.15) is 0 Å². The SMILES string of the molecule is [CH2]C1CCCCC1CC1CCCCC1CC1[CH]CCCC1. The number of hydrogen-bond donors (Lipinski definition) is 0. The summed E-state index contributed by atoms with van der Waals surface area (Å²) in [6, 6.07) is 0. The van der Waals surface area contributed by atoms with Crippen LogP contribution in [0.4, 0.5) is 0 Å². The van der Waals surface area contributed by atoms with Crippen molar-refractivity contribution in [1.29, 1.82) is 0 Å². The maximum Gasteiger partial charge on any atom is -0.0355 e. The normalized spacial score (nSPS) is 39.3. The van der Waals surface area contributed by atoms with Gasteiger partial charge in [-0.05, 0) is 62.2 Å². The Balaban J connectivity index is 1.53. The van der Waals surface area contributed by atoms with Crippen LogP contribution >= 0.6 is 0 Å². The Hall–Kier alpha value is 0. The number of rotatable bonds is 4. The third-order valence-electron chi connectivity index (χ3n) is 6.87. The standard InChI is InChI=1S/C21H36/c1-17-9-5-6-12-19(17)16-21-14-8-7-13-20(21)15-18-10-3-2-4-11-18/h10,17-21H,1-9,11-16H2. The lowest BCUT2D eigenvalue weighted by atomic mass is 9.67. The van der Waals surface area contributed by atoms with Crippen LogP contribution in [0.1, 0.15) is 89.9 Å². The van der Waals surface area contributed by atoms with Gasteiger partial charge in [0.2, 0.25) is 0 Å². The largest absolute Gasteiger partial charge is 0.0530 e. The van der Waals surface area contributed by atoms with Gasteiger partial charge in [-0.1, -0.05) is 70.6 Å². The molecule has 5 unspecified atom stereocenters. The van der Waals surface area contributed by atoms with Crippen LogP contribution in [0.3, 0.4) is 0 Å². The zero-order chi connectivity index (χ0) is 14.5. The van der Waals surface area contributed by atoms with E-state index >= 15 is 0 Å². The lowest BCUT2D eigenvalue weighted by Crippen LogP contribution is -2.28. The second-order valence-corrected chi connectivity index (χ2v) is 8.36. The van der Waals surface area contributed by atoms with Crippen molar-refractivity contribution >= 4 is 0 Å². The van der Waals surface area contributed by atoms with Crippen molar-refractivity contribution in [2.75, 3.05) is 0 Å². The summed E-state index contributed by atoms with van der Waals surface area (Å²) >= 11 is 0. The summed E-state index contributed by atoms with van der Waals surface area (Å²) in [6.07, 6.45) is 23.4. The van der Waals surface area contributed by atoms with Gasteiger partial charge >= 0.3 is 0 Å². The first kappa shape index (κ1) is 15.9. The maximum absolute atomic E-state index is 4.48. The zero-order valence-electron chi connectivity index (χ0n) is 14.1. The molecule has 0 amide bonds. The fraction of sp³-hybridized carbons (Fsp3) is 0.905. The molecule has 0 aromatic carbocycles. The van der Waals surface area contributed by atoms with Crippen molar-refractivity contribution in [3.05, 3.63) is 13.3 Å². The first-order chi connectivity index (χ1) is 10.3. The minimum atomic E-state index is 0.766. The van der Waals surface area contributed by atoms with Crippen molar-refractivity contribution in [3.8, 4) is 0 Å². The quantitative estimate of drug-likeness (QED) is 0.546. The van der Waals surface area contributed by atoms with Gasteiger partial charge in [0.05, 0.1) is 0 Å². The molecule has 0 nitrogen and oxygen atoms in total. The van der Waals surface area contributed by atoms with Crippen molar-refractivity contribution in [2.45, 2.75) is 89.9 Å². The molecule has 5 atom stereocenters. The molecule has 0 aromatic rings. The van der Waals surface area contributed by atoms with Gasteiger partial charge in [0.25, 0.3) is 0 Å². The topological polar surface area (TPSA) is 0 Å². The van der Waals surface area contributed by atoms with E-state index in [1.165, 1.54) is 89.9 Å². The Morgan fingerprint density at radius 1 is 0.667 bits per heavy atom. The van der Waals surface area contributed by atoms with Crippen molar-refractivity contribution < 1.29 is 0 Å². The van der Waals surface area contributed by atoms with Crippen molar-refractivity contribution in [1.82, 2.24) is 0 Å². The van der Waals surface area contributed by atoms with E-state index in [1.807, 2.05) is 0 Å². The highest BCUT2D eigenvalue weighted by molar-refractivity contribution is 4.88. The van der Waals surface area contributed by atoms with Gasteiger partial charge in [-0.15, -0.1) is 0 Å². The lowest BCUT2D eigenvalue weighted by Gasteiger charge is -2.39. The molecule has 0 heteroatoms. The average molecular weight is 289 g/mol. The van der Waals surface area contributed by atoms with Gasteiger partial charge < -0.3 is 0 Å². The van der Waals surface area contributed by atoms with E-state index in [0.29, 0.717) is 0 Å². The summed E-state index contributed by atoms with van der Waals surface area (Å²) < 4.78 is 0. The average Bonchev–Trinajstić information content (AvgIpc) is 2.52. The molecule has 0 aromatic heterocycles. The third-order valence-corrected chi connectivity index (χ3v) is 6.87. The van der Waals surface area contributed by atoms with E-state index in [1.54, 1.807) is 0 Å². The van der Waals surface area contributed by atoms with Crippen molar-refractivity contribution in [2.24, 2.45) is 29.6 Å². The first-order valence-corrected chi connectivity index (χ1v) is 9.99. The Bertz CT molecular complexity index is 288. The lowest BCUT2D eigenvalue weighted by molar-refractivity contribution is 0.135. The van der Waals surface area contributed by atoms with E-state index in [-0.39, 0.29) is 0 Å². The summed E-state index contributed by atoms with van der Waals surface area (Å²) in [4.78, 5) is 0. The molecular weight excluding hydrogens is 252 g/mol. The van der Waals surface area contributed by atoms with Crippen LogP contribution in [-0.4, -0.2) is 0 Å². The van der Waals surface area contributed by atoms with Gasteiger partial charge in [0.15, 0.2) is 0 Å². The fourth-order valence-corrected chi connectivity index (χ4v) is 5.51. The van der Waals surface area contributed by atoms with E-state index in [4.69, 9.17) is 0 Å². The Kier molecular flexibility index (Phi) is 6.07. The minimum absolute atomic E-state index is 0.766. The van der Waals surface area contributed by atoms with Gasteiger partial charge in [0, 0.05) is 0 Å². The van der Waals surface area contributed by atoms with E-state index < -0.39 is 0 Å². The molecule has 0 bridgehead atoms. The summed E-state index contributed by atoms with van der Waals surface area (Å²) in [6.45, 7) is 4.48. The van der Waals surface area contributed by atoms with Crippen LogP contribution in [0.25, 0.3) is 0 Å². The van der Waals surface area contributed by atoms with Crippen molar-refractivity contribution in [3.63, 3.8) is 0 Å². The van der Waals surface area contributed by atoms with Crippen LogP contribution in [0, 0.1) is 42.9 Å². The summed E-state index contributed by atoms with van der Waals surface area (Å²) in [5.41, 5.74) is 0. The summed E-state index contributed by atoms with van der Waals surface area (Å²) in [5, 5.41) is 0. The van der Waals surface area contributed by atoms with Crippen LogP contribution < -0.4 is 0 Å². The summed E-state index contributed by atoms with van der Waals surface area (Å²) in [7, 11) is 0. The zero-order valence-corrected chi connectivity index (χ0v) is 14.1. The van der Waals surface area contributed by atoms with Crippen LogP contribution in [-0.2, 0) is 0 Å². The Labute approximate surface area is 133 Å². The molecule has 3 aliphatic rings. The Morgan fingerprint density at radius 3 is 1.95 bits per heavy atom. The molecule has 3 rings (SSSR count). The molecule has 3 fully saturated rings. The van der Waals surface area contributed by atoms with E-state index in [2.05, 4.69) is 13.3 Å². The van der Waals surface area contributed by atoms with Gasteiger partial charge in [-0.3, -0.25) is 0 Å². The highest BCUT2D eigenvalue weighted by atomic mass is 14.4. The molecule has 0 spiro atoms. The fourth-order valence-electron chi connectivity index (χ4n) is 5.51. The highest BCUT2D eigenvalue weighted by Crippen LogP contribution is 2.43. The molecule has 21 heavy (non-hydrogen) atoms.